The SMILES string of the molecule is Cc1cccn2c(=O)cc(COc3ccccc3NC(=O)Nc3ccc(F)cc3)nc12. The van der Waals surface area contributed by atoms with Crippen LogP contribution in [-0.4, -0.2) is 15.4 Å². The van der Waals surface area contributed by atoms with Gasteiger partial charge in [-0.25, -0.2) is 14.2 Å². The molecular formula is C23H19FN4O3. The number of halogens is 1. The lowest BCUT2D eigenvalue weighted by atomic mass is 10.3. The Morgan fingerprint density at radius 2 is 1.84 bits per heavy atom. The van der Waals surface area contributed by atoms with Gasteiger partial charge in [-0.2, -0.15) is 0 Å². The first kappa shape index (κ1) is 20.1. The highest BCUT2D eigenvalue weighted by molar-refractivity contribution is 6.00. The molecule has 0 aliphatic heterocycles. The summed E-state index contributed by atoms with van der Waals surface area (Å²) in [7, 11) is 0. The molecule has 31 heavy (non-hydrogen) atoms. The number of ether oxygens (including phenoxy) is 1. The summed E-state index contributed by atoms with van der Waals surface area (Å²) in [5.41, 5.74) is 2.62. The number of carbonyl (C=O) groups is 1. The molecule has 2 heterocycles. The van der Waals surface area contributed by atoms with E-state index in [1.807, 2.05) is 13.0 Å². The van der Waals surface area contributed by atoms with Gasteiger partial charge < -0.3 is 15.4 Å². The number of aryl methyl sites for hydroxylation is 1. The number of rotatable bonds is 5. The van der Waals surface area contributed by atoms with E-state index in [2.05, 4.69) is 15.6 Å². The van der Waals surface area contributed by atoms with Gasteiger partial charge in [-0.1, -0.05) is 18.2 Å². The lowest BCUT2D eigenvalue weighted by Gasteiger charge is -2.13. The van der Waals surface area contributed by atoms with Crippen LogP contribution in [0, 0.1) is 12.7 Å². The highest BCUT2D eigenvalue weighted by Gasteiger charge is 2.10. The predicted molar refractivity (Wildman–Crippen MR) is 116 cm³/mol. The van der Waals surface area contributed by atoms with Gasteiger partial charge in [0.2, 0.25) is 0 Å². The predicted octanol–water partition coefficient (Wildman–Crippen LogP) is 4.37. The minimum Gasteiger partial charge on any atom is -0.485 e. The number of hydrogen-bond donors (Lipinski definition) is 2. The molecule has 2 N–H and O–H groups in total. The van der Waals surface area contributed by atoms with Crippen LogP contribution in [0.5, 0.6) is 5.75 Å². The van der Waals surface area contributed by atoms with Crippen molar-refractivity contribution >= 4 is 23.1 Å². The molecule has 7 nitrogen and oxygen atoms in total. The van der Waals surface area contributed by atoms with E-state index in [0.717, 1.165) is 5.56 Å². The fourth-order valence-corrected chi connectivity index (χ4v) is 3.05. The number of anilines is 2. The number of nitrogens with zero attached hydrogens (tertiary/aromatic N) is 2. The molecule has 0 unspecified atom stereocenters. The molecule has 0 bridgehead atoms. The van der Waals surface area contributed by atoms with E-state index in [4.69, 9.17) is 4.74 Å². The molecule has 8 heteroatoms. The number of benzene rings is 2. The van der Waals surface area contributed by atoms with Crippen LogP contribution >= 0.6 is 0 Å². The zero-order chi connectivity index (χ0) is 21.8. The van der Waals surface area contributed by atoms with Crippen molar-refractivity contribution in [1.29, 1.82) is 0 Å². The fraction of sp³-hybridized carbons (Fsp3) is 0.0870. The van der Waals surface area contributed by atoms with Crippen LogP contribution in [0.2, 0.25) is 0 Å². The fourth-order valence-electron chi connectivity index (χ4n) is 3.05. The molecule has 0 spiro atoms. The lowest BCUT2D eigenvalue weighted by Crippen LogP contribution is -2.20. The summed E-state index contributed by atoms with van der Waals surface area (Å²) in [6.07, 6.45) is 1.67. The number of nitrogens with one attached hydrogen (secondary N) is 2. The molecule has 0 aliphatic carbocycles. The second-order valence-electron chi connectivity index (χ2n) is 6.84. The van der Waals surface area contributed by atoms with Crippen molar-refractivity contribution < 1.29 is 13.9 Å². The molecule has 0 aliphatic rings. The molecule has 0 saturated heterocycles. The second kappa shape index (κ2) is 8.66. The van der Waals surface area contributed by atoms with Crippen molar-refractivity contribution in [2.75, 3.05) is 10.6 Å². The monoisotopic (exact) mass is 418 g/mol. The van der Waals surface area contributed by atoms with E-state index in [0.29, 0.717) is 28.5 Å². The van der Waals surface area contributed by atoms with Crippen molar-refractivity contribution in [2.45, 2.75) is 13.5 Å². The molecule has 0 atom stereocenters. The Hall–Kier alpha value is -4.20. The smallest absolute Gasteiger partial charge is 0.323 e. The van der Waals surface area contributed by atoms with E-state index in [-0.39, 0.29) is 18.0 Å². The number of hydrogen-bond acceptors (Lipinski definition) is 4. The van der Waals surface area contributed by atoms with E-state index >= 15 is 0 Å². The average Bonchev–Trinajstić information content (AvgIpc) is 2.75. The molecule has 4 aromatic rings. The van der Waals surface area contributed by atoms with Gasteiger partial charge in [-0.3, -0.25) is 9.20 Å². The Bertz CT molecular complexity index is 1300. The maximum atomic E-state index is 13.0. The molecule has 0 fully saturated rings. The van der Waals surface area contributed by atoms with Crippen molar-refractivity contribution in [1.82, 2.24) is 9.38 Å². The number of carbonyl (C=O) groups excluding carboxylic acids is 1. The molecule has 0 saturated carbocycles. The summed E-state index contributed by atoms with van der Waals surface area (Å²) in [6.45, 7) is 1.93. The van der Waals surface area contributed by atoms with Crippen LogP contribution in [0.25, 0.3) is 5.65 Å². The first-order valence-corrected chi connectivity index (χ1v) is 9.53. The molecule has 0 radical (unpaired) electrons. The molecule has 2 amide bonds. The highest BCUT2D eigenvalue weighted by Crippen LogP contribution is 2.25. The maximum absolute atomic E-state index is 13.0. The summed E-state index contributed by atoms with van der Waals surface area (Å²) in [4.78, 5) is 29.2. The Morgan fingerprint density at radius 1 is 1.06 bits per heavy atom. The van der Waals surface area contributed by atoms with Crippen molar-refractivity contribution in [3.63, 3.8) is 0 Å². The Kier molecular flexibility index (Phi) is 5.61. The minimum atomic E-state index is -0.500. The van der Waals surface area contributed by atoms with Gasteiger partial charge >= 0.3 is 6.03 Å². The third-order valence-corrected chi connectivity index (χ3v) is 4.55. The number of para-hydroxylation sites is 2. The number of amides is 2. The minimum absolute atomic E-state index is 0.0539. The van der Waals surface area contributed by atoms with Crippen molar-refractivity contribution in [2.24, 2.45) is 0 Å². The Morgan fingerprint density at radius 3 is 2.65 bits per heavy atom. The third-order valence-electron chi connectivity index (χ3n) is 4.55. The van der Waals surface area contributed by atoms with Gasteiger partial charge in [0.1, 0.15) is 23.8 Å². The van der Waals surface area contributed by atoms with Gasteiger partial charge in [-0.05, 0) is 55.0 Å². The standard InChI is InChI=1S/C23H19FN4O3/c1-15-5-4-12-28-21(29)13-18(25-22(15)28)14-31-20-7-3-2-6-19(20)27-23(30)26-17-10-8-16(24)9-11-17/h2-13H,14H2,1H3,(H2,26,27,30). The van der Waals surface area contributed by atoms with Crippen LogP contribution in [0.4, 0.5) is 20.6 Å². The van der Waals surface area contributed by atoms with Crippen LogP contribution in [0.3, 0.4) is 0 Å². The van der Waals surface area contributed by atoms with E-state index in [9.17, 15) is 14.0 Å². The van der Waals surface area contributed by atoms with Gasteiger partial charge in [0.25, 0.3) is 5.56 Å². The van der Waals surface area contributed by atoms with Crippen LogP contribution in [0.15, 0.2) is 77.7 Å². The zero-order valence-electron chi connectivity index (χ0n) is 16.6. The molecule has 156 valence electrons. The van der Waals surface area contributed by atoms with Gasteiger partial charge in [0, 0.05) is 18.0 Å². The third kappa shape index (κ3) is 4.69. The van der Waals surface area contributed by atoms with Crippen molar-refractivity contribution in [3.05, 3.63) is 100 Å². The van der Waals surface area contributed by atoms with Gasteiger partial charge in [0.05, 0.1) is 11.4 Å². The molecule has 2 aromatic carbocycles. The summed E-state index contributed by atoms with van der Waals surface area (Å²) < 4.78 is 20.3. The first-order chi connectivity index (χ1) is 15.0. The Balaban J connectivity index is 1.48. The first-order valence-electron chi connectivity index (χ1n) is 9.53. The topological polar surface area (TPSA) is 84.7 Å². The normalized spacial score (nSPS) is 10.6. The van der Waals surface area contributed by atoms with Crippen LogP contribution < -0.4 is 20.9 Å². The Labute approximate surface area is 177 Å². The highest BCUT2D eigenvalue weighted by atomic mass is 19.1. The van der Waals surface area contributed by atoms with E-state index in [1.54, 1.807) is 36.5 Å². The average molecular weight is 418 g/mol. The van der Waals surface area contributed by atoms with Gasteiger partial charge in [0.15, 0.2) is 0 Å². The summed E-state index contributed by atoms with van der Waals surface area (Å²) in [6, 6.07) is 16.9. The van der Waals surface area contributed by atoms with Crippen LogP contribution in [0.1, 0.15) is 11.3 Å². The largest absolute Gasteiger partial charge is 0.485 e. The van der Waals surface area contributed by atoms with E-state index in [1.165, 1.54) is 34.7 Å². The van der Waals surface area contributed by atoms with E-state index < -0.39 is 6.03 Å². The lowest BCUT2D eigenvalue weighted by molar-refractivity contribution is 0.261. The molecule has 2 aromatic heterocycles. The zero-order valence-corrected chi connectivity index (χ0v) is 16.6. The summed E-state index contributed by atoms with van der Waals surface area (Å²) >= 11 is 0. The van der Waals surface area contributed by atoms with Crippen molar-refractivity contribution in [3.8, 4) is 5.75 Å². The number of urea groups is 1. The number of fused-ring (bicyclic) bond motifs is 1. The molecule has 4 rings (SSSR count). The summed E-state index contributed by atoms with van der Waals surface area (Å²) in [5.74, 6) is 0.0328. The number of pyridine rings is 1. The quantitative estimate of drug-likeness (QED) is 0.504. The maximum Gasteiger partial charge on any atom is 0.323 e. The van der Waals surface area contributed by atoms with Crippen LogP contribution in [-0.2, 0) is 6.61 Å². The number of aromatic nitrogens is 2. The summed E-state index contributed by atoms with van der Waals surface area (Å²) in [5, 5.41) is 5.33. The second-order valence-corrected chi connectivity index (χ2v) is 6.84. The molecular weight excluding hydrogens is 399 g/mol. The van der Waals surface area contributed by atoms with Gasteiger partial charge in [-0.15, -0.1) is 0 Å².